The summed E-state index contributed by atoms with van der Waals surface area (Å²) in [6.45, 7) is 5.77. The predicted octanol–water partition coefficient (Wildman–Crippen LogP) is 4.84. The second kappa shape index (κ2) is 13.8. The van der Waals surface area contributed by atoms with Crippen molar-refractivity contribution in [2.75, 3.05) is 7.11 Å². The average molecular weight is 296 g/mol. The fourth-order valence-corrected chi connectivity index (χ4v) is 2.43. The van der Waals surface area contributed by atoms with Gasteiger partial charge in [0, 0.05) is 6.42 Å². The summed E-state index contributed by atoms with van der Waals surface area (Å²) < 4.78 is 4.75. The first kappa shape index (κ1) is 19.9. The van der Waals surface area contributed by atoms with Crippen LogP contribution in [0.4, 0.5) is 0 Å². The molecule has 0 saturated carbocycles. The van der Waals surface area contributed by atoms with Gasteiger partial charge < -0.3 is 4.74 Å². The van der Waals surface area contributed by atoms with Gasteiger partial charge in [0.15, 0.2) is 0 Å². The van der Waals surface area contributed by atoms with Gasteiger partial charge in [0.25, 0.3) is 0 Å². The Morgan fingerprint density at radius 2 is 1.67 bits per heavy atom. The maximum atomic E-state index is 12.1. The fraction of sp³-hybridized carbons (Fsp3) is 0.778. The zero-order chi connectivity index (χ0) is 15.9. The molecule has 0 aliphatic heterocycles. The van der Waals surface area contributed by atoms with E-state index >= 15 is 0 Å². The zero-order valence-corrected chi connectivity index (χ0v) is 13.9. The molecule has 0 aromatic carbocycles. The normalized spacial score (nSPS) is 11.9. The topological polar surface area (TPSA) is 43.4 Å². The maximum Gasteiger partial charge on any atom is 0.316 e. The molecule has 1 unspecified atom stereocenters. The number of unbranched alkanes of at least 4 members (excludes halogenated alkanes) is 7. The Hall–Kier alpha value is -1.12. The second-order valence-electron chi connectivity index (χ2n) is 5.63. The van der Waals surface area contributed by atoms with E-state index in [0.29, 0.717) is 12.8 Å². The third kappa shape index (κ3) is 10.3. The molecule has 0 radical (unpaired) electrons. The number of esters is 1. The highest BCUT2D eigenvalue weighted by Crippen LogP contribution is 2.16. The van der Waals surface area contributed by atoms with Crippen molar-refractivity contribution in [3.05, 3.63) is 12.7 Å². The number of hydrogen-bond acceptors (Lipinski definition) is 3. The Bertz CT molecular complexity index is 297. The van der Waals surface area contributed by atoms with Crippen LogP contribution in [-0.4, -0.2) is 18.9 Å². The van der Waals surface area contributed by atoms with Crippen molar-refractivity contribution in [3.63, 3.8) is 0 Å². The van der Waals surface area contributed by atoms with E-state index in [-0.39, 0.29) is 11.8 Å². The molecule has 0 N–H and O–H groups in total. The van der Waals surface area contributed by atoms with Gasteiger partial charge in [0.1, 0.15) is 11.7 Å². The summed E-state index contributed by atoms with van der Waals surface area (Å²) >= 11 is 0. The van der Waals surface area contributed by atoms with E-state index in [1.165, 1.54) is 32.8 Å². The lowest BCUT2D eigenvalue weighted by Crippen LogP contribution is -2.25. The molecule has 0 saturated heterocycles. The smallest absolute Gasteiger partial charge is 0.316 e. The van der Waals surface area contributed by atoms with Crippen LogP contribution in [0.3, 0.4) is 0 Å². The Morgan fingerprint density at radius 3 is 2.24 bits per heavy atom. The highest BCUT2D eigenvalue weighted by molar-refractivity contribution is 5.98. The molecule has 0 bridgehead atoms. The van der Waals surface area contributed by atoms with E-state index in [4.69, 9.17) is 4.74 Å². The number of ether oxygens (including phenoxy) is 1. The number of Topliss-reactive ketones (excluding diaryl/α,β-unsaturated/α-hetero) is 1. The predicted molar refractivity (Wildman–Crippen MR) is 87.2 cm³/mol. The third-order valence-electron chi connectivity index (χ3n) is 3.80. The first-order valence-electron chi connectivity index (χ1n) is 8.38. The van der Waals surface area contributed by atoms with Gasteiger partial charge in [-0.25, -0.2) is 0 Å². The number of carbonyl (C=O) groups excluding carboxylic acids is 2. The van der Waals surface area contributed by atoms with Crippen molar-refractivity contribution >= 4 is 11.8 Å². The first-order valence-corrected chi connectivity index (χ1v) is 8.38. The molecule has 3 heteroatoms. The van der Waals surface area contributed by atoms with E-state index in [1.54, 1.807) is 0 Å². The number of allylic oxidation sites excluding steroid dienone is 1. The van der Waals surface area contributed by atoms with Crippen molar-refractivity contribution in [1.29, 1.82) is 0 Å². The minimum absolute atomic E-state index is 0.0574. The van der Waals surface area contributed by atoms with E-state index < -0.39 is 5.92 Å². The molecule has 3 nitrogen and oxygen atoms in total. The lowest BCUT2D eigenvalue weighted by molar-refractivity contribution is -0.149. The van der Waals surface area contributed by atoms with Crippen LogP contribution in [0.1, 0.15) is 77.6 Å². The summed E-state index contributed by atoms with van der Waals surface area (Å²) in [6.07, 6.45) is 12.9. The highest BCUT2D eigenvalue weighted by atomic mass is 16.5. The fourth-order valence-electron chi connectivity index (χ4n) is 2.43. The van der Waals surface area contributed by atoms with Crippen LogP contribution in [-0.2, 0) is 14.3 Å². The molecule has 0 rings (SSSR count). The second-order valence-corrected chi connectivity index (χ2v) is 5.63. The summed E-state index contributed by atoms with van der Waals surface area (Å²) in [4.78, 5) is 23.8. The van der Waals surface area contributed by atoms with Gasteiger partial charge in [-0.15, -0.1) is 6.58 Å². The number of rotatable bonds is 14. The Labute approximate surface area is 130 Å². The largest absolute Gasteiger partial charge is 0.468 e. The van der Waals surface area contributed by atoms with E-state index in [9.17, 15) is 9.59 Å². The molecule has 0 aliphatic rings. The van der Waals surface area contributed by atoms with E-state index in [2.05, 4.69) is 13.5 Å². The van der Waals surface area contributed by atoms with Gasteiger partial charge in [0.05, 0.1) is 7.11 Å². The molecule has 0 spiro atoms. The molecule has 0 aromatic heterocycles. The van der Waals surface area contributed by atoms with Crippen molar-refractivity contribution < 1.29 is 14.3 Å². The van der Waals surface area contributed by atoms with E-state index in [1.807, 2.05) is 6.08 Å². The van der Waals surface area contributed by atoms with Gasteiger partial charge in [-0.3, -0.25) is 9.59 Å². The highest BCUT2D eigenvalue weighted by Gasteiger charge is 2.25. The van der Waals surface area contributed by atoms with Crippen molar-refractivity contribution in [3.8, 4) is 0 Å². The monoisotopic (exact) mass is 296 g/mol. The van der Waals surface area contributed by atoms with Crippen LogP contribution in [0.2, 0.25) is 0 Å². The zero-order valence-electron chi connectivity index (χ0n) is 13.9. The Balaban J connectivity index is 3.82. The van der Waals surface area contributed by atoms with Crippen LogP contribution < -0.4 is 0 Å². The molecule has 122 valence electrons. The lowest BCUT2D eigenvalue weighted by atomic mass is 9.93. The van der Waals surface area contributed by atoms with Crippen molar-refractivity contribution in [2.45, 2.75) is 77.6 Å². The minimum Gasteiger partial charge on any atom is -0.468 e. The van der Waals surface area contributed by atoms with Crippen LogP contribution in [0.15, 0.2) is 12.7 Å². The molecule has 0 aliphatic carbocycles. The standard InChI is InChI=1S/C18H32O3/c1-4-6-8-9-10-11-12-13-15-17(19)16(14-7-5-2)18(20)21-3/h4,16H,1,5-15H2,2-3H3. The number of ketones is 1. The number of methoxy groups -OCH3 is 1. The minimum atomic E-state index is -0.539. The quantitative estimate of drug-likeness (QED) is 0.199. The van der Waals surface area contributed by atoms with Crippen LogP contribution in [0.5, 0.6) is 0 Å². The van der Waals surface area contributed by atoms with Gasteiger partial charge in [-0.2, -0.15) is 0 Å². The van der Waals surface area contributed by atoms with Gasteiger partial charge in [-0.05, 0) is 25.7 Å². The first-order chi connectivity index (χ1) is 10.2. The lowest BCUT2D eigenvalue weighted by Gasteiger charge is -2.13. The van der Waals surface area contributed by atoms with Crippen LogP contribution in [0, 0.1) is 5.92 Å². The molecule has 1 atom stereocenters. The molecular formula is C18H32O3. The summed E-state index contributed by atoms with van der Waals surface area (Å²) in [5, 5.41) is 0. The summed E-state index contributed by atoms with van der Waals surface area (Å²) in [5.41, 5.74) is 0. The summed E-state index contributed by atoms with van der Waals surface area (Å²) in [5.74, 6) is -0.845. The number of carbonyl (C=O) groups is 2. The van der Waals surface area contributed by atoms with Gasteiger partial charge >= 0.3 is 5.97 Å². The van der Waals surface area contributed by atoms with Crippen LogP contribution in [0.25, 0.3) is 0 Å². The Kier molecular flexibility index (Phi) is 13.1. The molecular weight excluding hydrogens is 264 g/mol. The van der Waals surface area contributed by atoms with Crippen LogP contribution >= 0.6 is 0 Å². The maximum absolute atomic E-state index is 12.1. The van der Waals surface area contributed by atoms with Crippen molar-refractivity contribution in [2.24, 2.45) is 5.92 Å². The number of hydrogen-bond donors (Lipinski definition) is 0. The molecule has 0 fully saturated rings. The van der Waals surface area contributed by atoms with Gasteiger partial charge in [0.2, 0.25) is 0 Å². The third-order valence-corrected chi connectivity index (χ3v) is 3.80. The molecule has 21 heavy (non-hydrogen) atoms. The Morgan fingerprint density at radius 1 is 1.05 bits per heavy atom. The molecule has 0 heterocycles. The van der Waals surface area contributed by atoms with Gasteiger partial charge in [-0.1, -0.05) is 51.5 Å². The molecule has 0 amide bonds. The van der Waals surface area contributed by atoms with Crippen molar-refractivity contribution in [1.82, 2.24) is 0 Å². The SMILES string of the molecule is C=CCCCCCCCCC(=O)C(CCCC)C(=O)OC. The summed E-state index contributed by atoms with van der Waals surface area (Å²) in [7, 11) is 1.36. The summed E-state index contributed by atoms with van der Waals surface area (Å²) in [6, 6.07) is 0. The molecule has 0 aromatic rings. The average Bonchev–Trinajstić information content (AvgIpc) is 2.49. The van der Waals surface area contributed by atoms with E-state index in [0.717, 1.165) is 32.1 Å².